The summed E-state index contributed by atoms with van der Waals surface area (Å²) in [4.78, 5) is 4.12. The van der Waals surface area contributed by atoms with Crippen LogP contribution in [-0.2, 0) is 11.2 Å². The molecule has 3 rings (SSSR count). The van der Waals surface area contributed by atoms with Crippen molar-refractivity contribution in [3.63, 3.8) is 0 Å². The molecule has 19 heavy (non-hydrogen) atoms. The first-order chi connectivity index (χ1) is 9.20. The van der Waals surface area contributed by atoms with Crippen LogP contribution in [0.2, 0.25) is 0 Å². The van der Waals surface area contributed by atoms with Crippen LogP contribution >= 0.6 is 11.3 Å². The predicted molar refractivity (Wildman–Crippen MR) is 79.6 cm³/mol. The minimum atomic E-state index is 0.322. The molecule has 0 aromatic carbocycles. The quantitative estimate of drug-likeness (QED) is 0.925. The van der Waals surface area contributed by atoms with Gasteiger partial charge in [0.25, 0.3) is 0 Å². The van der Waals surface area contributed by atoms with E-state index in [1.165, 1.54) is 12.0 Å². The van der Waals surface area contributed by atoms with Gasteiger partial charge in [0.2, 0.25) is 0 Å². The van der Waals surface area contributed by atoms with E-state index in [1.54, 1.807) is 4.88 Å². The molecule has 0 amide bonds. The lowest BCUT2D eigenvalue weighted by molar-refractivity contribution is -0.0180. The van der Waals surface area contributed by atoms with Gasteiger partial charge in [-0.2, -0.15) is 0 Å². The molecule has 2 aliphatic rings. The second-order valence-electron chi connectivity index (χ2n) is 5.83. The Hall–Kier alpha value is -0.420. The highest BCUT2D eigenvalue weighted by atomic mass is 32.1. The van der Waals surface area contributed by atoms with E-state index < -0.39 is 0 Å². The molecule has 1 aromatic heterocycles. The zero-order valence-electron chi connectivity index (χ0n) is 11.8. The van der Waals surface area contributed by atoms with Gasteiger partial charge in [-0.05, 0) is 50.1 Å². The van der Waals surface area contributed by atoms with Gasteiger partial charge >= 0.3 is 0 Å². The second kappa shape index (κ2) is 5.52. The Labute approximate surface area is 119 Å². The number of fused-ring (bicyclic) bond motifs is 1. The summed E-state index contributed by atoms with van der Waals surface area (Å²) in [6.07, 6.45) is 4.21. The van der Waals surface area contributed by atoms with E-state index in [-0.39, 0.29) is 0 Å². The van der Waals surface area contributed by atoms with Gasteiger partial charge in [-0.25, -0.2) is 0 Å². The summed E-state index contributed by atoms with van der Waals surface area (Å²) in [5, 5.41) is 2.22. The lowest BCUT2D eigenvalue weighted by Crippen LogP contribution is -2.51. The van der Waals surface area contributed by atoms with Crippen LogP contribution in [0.15, 0.2) is 11.4 Å². The van der Waals surface area contributed by atoms with E-state index in [4.69, 9.17) is 10.5 Å². The fraction of sp³-hybridized carbons (Fsp3) is 0.733. The molecule has 0 saturated carbocycles. The Morgan fingerprint density at radius 3 is 3.00 bits per heavy atom. The Morgan fingerprint density at radius 1 is 1.47 bits per heavy atom. The van der Waals surface area contributed by atoms with Gasteiger partial charge in [-0.1, -0.05) is 0 Å². The third-order valence-corrected chi connectivity index (χ3v) is 5.68. The fourth-order valence-corrected chi connectivity index (χ4v) is 4.56. The SMILES string of the molecule is CC1CCC(C(CN)N2CCc3sccc3C2C)O1. The van der Waals surface area contributed by atoms with E-state index in [9.17, 15) is 0 Å². The Morgan fingerprint density at radius 2 is 2.32 bits per heavy atom. The maximum Gasteiger partial charge on any atom is 0.0747 e. The Kier molecular flexibility index (Phi) is 3.94. The molecule has 106 valence electrons. The zero-order valence-corrected chi connectivity index (χ0v) is 12.7. The number of rotatable bonds is 3. The van der Waals surface area contributed by atoms with Crippen molar-refractivity contribution in [2.75, 3.05) is 13.1 Å². The maximum atomic E-state index is 6.07. The van der Waals surface area contributed by atoms with Crippen molar-refractivity contribution in [3.05, 3.63) is 21.9 Å². The van der Waals surface area contributed by atoms with E-state index in [0.717, 1.165) is 19.4 Å². The minimum Gasteiger partial charge on any atom is -0.374 e. The molecule has 3 nitrogen and oxygen atoms in total. The van der Waals surface area contributed by atoms with E-state index in [0.29, 0.717) is 30.8 Å². The Bertz CT molecular complexity index is 434. The first-order valence-corrected chi connectivity index (χ1v) is 8.26. The maximum absolute atomic E-state index is 6.07. The normalized spacial score (nSPS) is 33.3. The van der Waals surface area contributed by atoms with Crippen LogP contribution in [-0.4, -0.2) is 36.2 Å². The van der Waals surface area contributed by atoms with Gasteiger partial charge in [-0.3, -0.25) is 4.90 Å². The average molecular weight is 280 g/mol. The molecule has 4 heteroatoms. The van der Waals surface area contributed by atoms with Gasteiger partial charge < -0.3 is 10.5 Å². The van der Waals surface area contributed by atoms with Crippen molar-refractivity contribution in [1.82, 2.24) is 4.90 Å². The van der Waals surface area contributed by atoms with Crippen LogP contribution < -0.4 is 5.73 Å². The smallest absolute Gasteiger partial charge is 0.0747 e. The van der Waals surface area contributed by atoms with Crippen molar-refractivity contribution in [3.8, 4) is 0 Å². The highest BCUT2D eigenvalue weighted by Crippen LogP contribution is 2.36. The molecule has 1 saturated heterocycles. The summed E-state index contributed by atoms with van der Waals surface area (Å²) < 4.78 is 6.07. The fourth-order valence-electron chi connectivity index (χ4n) is 3.60. The number of hydrogen-bond donors (Lipinski definition) is 1. The molecule has 3 heterocycles. The number of nitrogens with two attached hydrogens (primary N) is 1. The van der Waals surface area contributed by atoms with E-state index in [2.05, 4.69) is 30.2 Å². The highest BCUT2D eigenvalue weighted by molar-refractivity contribution is 7.10. The topological polar surface area (TPSA) is 38.5 Å². The molecule has 1 aromatic rings. The largest absolute Gasteiger partial charge is 0.374 e. The van der Waals surface area contributed by atoms with Gasteiger partial charge in [0.05, 0.1) is 12.2 Å². The summed E-state index contributed by atoms with van der Waals surface area (Å²) in [5.41, 5.74) is 7.57. The molecular formula is C15H24N2OS. The van der Waals surface area contributed by atoms with E-state index >= 15 is 0 Å². The number of hydrogen-bond acceptors (Lipinski definition) is 4. The molecule has 4 atom stereocenters. The molecule has 1 fully saturated rings. The second-order valence-corrected chi connectivity index (χ2v) is 6.83. The summed E-state index contributed by atoms with van der Waals surface area (Å²) >= 11 is 1.89. The molecule has 2 aliphatic heterocycles. The number of thiophene rings is 1. The zero-order chi connectivity index (χ0) is 13.4. The summed E-state index contributed by atoms with van der Waals surface area (Å²) in [6.45, 7) is 6.29. The standard InChI is InChI=1S/C15H24N2OS/c1-10-3-4-14(18-10)13(9-16)17-7-5-15-12(11(17)2)6-8-19-15/h6,8,10-11,13-14H,3-5,7,9,16H2,1-2H3. The predicted octanol–water partition coefficient (Wildman–Crippen LogP) is 2.56. The van der Waals surface area contributed by atoms with Crippen LogP contribution in [0.1, 0.15) is 43.2 Å². The Balaban J connectivity index is 1.77. The third-order valence-electron chi connectivity index (χ3n) is 4.69. The van der Waals surface area contributed by atoms with Crippen molar-refractivity contribution < 1.29 is 4.74 Å². The van der Waals surface area contributed by atoms with Gasteiger partial charge in [0.15, 0.2) is 0 Å². The van der Waals surface area contributed by atoms with Crippen LogP contribution in [0, 0.1) is 0 Å². The molecular weight excluding hydrogens is 256 g/mol. The highest BCUT2D eigenvalue weighted by Gasteiger charge is 2.37. The monoisotopic (exact) mass is 280 g/mol. The van der Waals surface area contributed by atoms with Crippen molar-refractivity contribution >= 4 is 11.3 Å². The lowest BCUT2D eigenvalue weighted by atomic mass is 9.96. The van der Waals surface area contributed by atoms with Crippen LogP contribution in [0.25, 0.3) is 0 Å². The first-order valence-electron chi connectivity index (χ1n) is 7.38. The molecule has 0 spiro atoms. The van der Waals surface area contributed by atoms with Crippen LogP contribution in [0.4, 0.5) is 0 Å². The lowest BCUT2D eigenvalue weighted by Gasteiger charge is -2.41. The molecule has 2 N–H and O–H groups in total. The van der Waals surface area contributed by atoms with Crippen LogP contribution in [0.5, 0.6) is 0 Å². The van der Waals surface area contributed by atoms with Gasteiger partial charge in [0.1, 0.15) is 0 Å². The average Bonchev–Trinajstić information content (AvgIpc) is 3.02. The summed E-state index contributed by atoms with van der Waals surface area (Å²) in [7, 11) is 0. The molecule has 0 aliphatic carbocycles. The van der Waals surface area contributed by atoms with E-state index in [1.807, 2.05) is 11.3 Å². The molecule has 0 radical (unpaired) electrons. The van der Waals surface area contributed by atoms with Crippen molar-refractivity contribution in [2.45, 2.75) is 57.4 Å². The summed E-state index contributed by atoms with van der Waals surface area (Å²) in [5.74, 6) is 0. The minimum absolute atomic E-state index is 0.322. The van der Waals surface area contributed by atoms with Gasteiger partial charge in [0, 0.05) is 30.1 Å². The molecule has 0 bridgehead atoms. The number of nitrogens with zero attached hydrogens (tertiary/aromatic N) is 1. The molecule has 4 unspecified atom stereocenters. The third kappa shape index (κ3) is 2.47. The first kappa shape index (κ1) is 13.6. The number of ether oxygens (including phenoxy) is 1. The van der Waals surface area contributed by atoms with Gasteiger partial charge in [-0.15, -0.1) is 11.3 Å². The summed E-state index contributed by atoms with van der Waals surface area (Å²) in [6, 6.07) is 3.12. The van der Waals surface area contributed by atoms with Crippen LogP contribution in [0.3, 0.4) is 0 Å². The van der Waals surface area contributed by atoms with Crippen molar-refractivity contribution in [1.29, 1.82) is 0 Å². The van der Waals surface area contributed by atoms with Crippen molar-refractivity contribution in [2.24, 2.45) is 5.73 Å².